The first kappa shape index (κ1) is 19.8. The van der Waals surface area contributed by atoms with Crippen LogP contribution >= 0.6 is 11.6 Å². The molecular weight excluding hydrogens is 388 g/mol. The van der Waals surface area contributed by atoms with Gasteiger partial charge < -0.3 is 9.84 Å². The van der Waals surface area contributed by atoms with E-state index in [9.17, 15) is 14.7 Å². The monoisotopic (exact) mass is 418 g/mol. The number of halogens is 1. The number of rotatable bonds is 2. The molecule has 0 aliphatic heterocycles. The maximum absolute atomic E-state index is 12.8. The van der Waals surface area contributed by atoms with Crippen LogP contribution in [-0.4, -0.2) is 28.6 Å². The zero-order valence-corrected chi connectivity index (χ0v) is 18.5. The fourth-order valence-electron chi connectivity index (χ4n) is 8.22. The number of ether oxygens (including phenoxy) is 1. The Morgan fingerprint density at radius 1 is 1.10 bits per heavy atom. The number of hydrogen-bond donors (Lipinski definition) is 1. The third kappa shape index (κ3) is 2.31. The van der Waals surface area contributed by atoms with Gasteiger partial charge in [0, 0.05) is 22.8 Å². The summed E-state index contributed by atoms with van der Waals surface area (Å²) in [6, 6.07) is 0. The maximum Gasteiger partial charge on any atom is 0.303 e. The smallest absolute Gasteiger partial charge is 0.303 e. The van der Waals surface area contributed by atoms with Gasteiger partial charge >= 0.3 is 5.97 Å². The molecule has 5 heteroatoms. The lowest BCUT2D eigenvalue weighted by Gasteiger charge is -2.58. The first-order valence-corrected chi connectivity index (χ1v) is 11.4. The van der Waals surface area contributed by atoms with Gasteiger partial charge in [0.05, 0.1) is 6.10 Å². The molecule has 0 aromatic heterocycles. The lowest BCUT2D eigenvalue weighted by molar-refractivity contribution is -0.185. The van der Waals surface area contributed by atoms with E-state index < -0.39 is 5.60 Å². The Kier molecular flexibility index (Phi) is 4.08. The average molecular weight is 419 g/mol. The number of Topliss-reactive ketones (excluding diaryl/α,β-unsaturated/α-hetero) is 1. The summed E-state index contributed by atoms with van der Waals surface area (Å²) < 4.78 is 5.83. The van der Waals surface area contributed by atoms with Gasteiger partial charge in [0.1, 0.15) is 0 Å². The molecule has 5 aliphatic carbocycles. The molecule has 0 amide bonds. The lowest BCUT2D eigenvalue weighted by Crippen LogP contribution is -2.58. The molecular formula is C24H31ClO4. The highest BCUT2D eigenvalue weighted by Crippen LogP contribution is 2.72. The van der Waals surface area contributed by atoms with Crippen LogP contribution in [0, 0.1) is 40.4 Å². The topological polar surface area (TPSA) is 63.6 Å². The van der Waals surface area contributed by atoms with E-state index in [1.807, 2.05) is 6.08 Å². The molecule has 1 N–H and O–H groups in total. The molecule has 0 radical (unpaired) electrons. The second kappa shape index (κ2) is 5.97. The Balaban J connectivity index is 1.59. The van der Waals surface area contributed by atoms with Gasteiger partial charge in [-0.1, -0.05) is 37.6 Å². The van der Waals surface area contributed by atoms with E-state index in [4.69, 9.17) is 16.3 Å². The fraction of sp³-hybridized carbons (Fsp3) is 0.750. The number of allylic oxidation sites excluding steroid dienone is 3. The van der Waals surface area contributed by atoms with E-state index in [1.165, 1.54) is 6.92 Å². The Labute approximate surface area is 177 Å². The van der Waals surface area contributed by atoms with Gasteiger partial charge in [-0.3, -0.25) is 9.59 Å². The second-order valence-corrected chi connectivity index (χ2v) is 11.0. The van der Waals surface area contributed by atoms with E-state index >= 15 is 0 Å². The largest absolute Gasteiger partial charge is 0.451 e. The summed E-state index contributed by atoms with van der Waals surface area (Å²) in [5, 5.41) is 11.2. The molecule has 3 fully saturated rings. The number of hydrogen-bond acceptors (Lipinski definition) is 4. The summed E-state index contributed by atoms with van der Waals surface area (Å²) in [4.78, 5) is 24.8. The Bertz CT molecular complexity index is 861. The molecule has 4 nitrogen and oxygen atoms in total. The quantitative estimate of drug-likeness (QED) is 0.675. The molecule has 0 aromatic rings. The molecule has 0 heterocycles. The number of fused-ring (bicyclic) bond motifs is 7. The van der Waals surface area contributed by atoms with Crippen molar-refractivity contribution in [3.8, 4) is 0 Å². The van der Waals surface area contributed by atoms with Crippen molar-refractivity contribution in [3.63, 3.8) is 0 Å². The van der Waals surface area contributed by atoms with Crippen LogP contribution in [0.3, 0.4) is 0 Å². The minimum Gasteiger partial charge on any atom is -0.451 e. The third-order valence-electron chi connectivity index (χ3n) is 9.67. The minimum absolute atomic E-state index is 0.00929. The third-order valence-corrected chi connectivity index (χ3v) is 10.0. The summed E-state index contributed by atoms with van der Waals surface area (Å²) in [7, 11) is 0. The Hall–Kier alpha value is -1.13. The number of carbonyl (C=O) groups is 2. The predicted molar refractivity (Wildman–Crippen MR) is 110 cm³/mol. The van der Waals surface area contributed by atoms with Gasteiger partial charge in [-0.15, -0.1) is 0 Å². The molecule has 158 valence electrons. The maximum atomic E-state index is 12.8. The molecule has 29 heavy (non-hydrogen) atoms. The molecule has 3 saturated carbocycles. The molecule has 0 saturated heterocycles. The summed E-state index contributed by atoms with van der Waals surface area (Å²) in [6.45, 7) is 7.49. The minimum atomic E-state index is -1.02. The van der Waals surface area contributed by atoms with E-state index in [1.54, 1.807) is 6.92 Å². The highest BCUT2D eigenvalue weighted by Gasteiger charge is 2.70. The van der Waals surface area contributed by atoms with Crippen LogP contribution in [0.2, 0.25) is 0 Å². The van der Waals surface area contributed by atoms with E-state index in [0.717, 1.165) is 36.3 Å². The molecule has 5 rings (SSSR count). The van der Waals surface area contributed by atoms with Crippen molar-refractivity contribution in [1.82, 2.24) is 0 Å². The summed E-state index contributed by atoms with van der Waals surface area (Å²) in [5.74, 6) is 1.44. The molecule has 0 aromatic carbocycles. The van der Waals surface area contributed by atoms with Gasteiger partial charge in [0.15, 0.2) is 11.4 Å². The van der Waals surface area contributed by atoms with Crippen molar-refractivity contribution >= 4 is 23.4 Å². The summed E-state index contributed by atoms with van der Waals surface area (Å²) in [6.07, 6.45) is 8.22. The summed E-state index contributed by atoms with van der Waals surface area (Å²) in [5.41, 5.74) is -0.263. The van der Waals surface area contributed by atoms with Gasteiger partial charge in [0.2, 0.25) is 0 Å². The van der Waals surface area contributed by atoms with E-state index in [-0.39, 0.29) is 40.5 Å². The van der Waals surface area contributed by atoms with Crippen molar-refractivity contribution in [3.05, 3.63) is 22.8 Å². The molecule has 5 aliphatic rings. The SMILES string of the molecule is CC(=O)OC1(C(C)=O)CC[C@H]2[C@@H]3C=C(Cl)C4=C[C@H](O)[C@@H]5C[C@@H]5[C@]4(C)[C@H]3CC[C@@]21C. The Morgan fingerprint density at radius 2 is 1.79 bits per heavy atom. The molecule has 1 unspecified atom stereocenters. The molecule has 9 atom stereocenters. The second-order valence-electron chi connectivity index (χ2n) is 10.6. The number of ketones is 1. The first-order valence-electron chi connectivity index (χ1n) is 11.0. The highest BCUT2D eigenvalue weighted by atomic mass is 35.5. The van der Waals surface area contributed by atoms with Crippen LogP contribution in [0.4, 0.5) is 0 Å². The Morgan fingerprint density at radius 3 is 2.45 bits per heavy atom. The predicted octanol–water partition coefficient (Wildman–Crippen LogP) is 4.40. The van der Waals surface area contributed by atoms with Crippen LogP contribution in [0.15, 0.2) is 22.8 Å². The van der Waals surface area contributed by atoms with Crippen molar-refractivity contribution in [1.29, 1.82) is 0 Å². The number of aliphatic hydroxyl groups is 1. The van der Waals surface area contributed by atoms with Crippen LogP contribution in [0.1, 0.15) is 59.8 Å². The average Bonchev–Trinajstić information content (AvgIpc) is 3.39. The molecule has 0 bridgehead atoms. The fourth-order valence-corrected chi connectivity index (χ4v) is 8.63. The summed E-state index contributed by atoms with van der Waals surface area (Å²) >= 11 is 6.83. The van der Waals surface area contributed by atoms with Crippen LogP contribution in [0.5, 0.6) is 0 Å². The normalized spacial score (nSPS) is 52.2. The van der Waals surface area contributed by atoms with E-state index in [2.05, 4.69) is 19.9 Å². The van der Waals surface area contributed by atoms with Gasteiger partial charge in [-0.05, 0) is 74.2 Å². The molecule has 0 spiro atoms. The van der Waals surface area contributed by atoms with Crippen molar-refractivity contribution in [2.45, 2.75) is 71.5 Å². The van der Waals surface area contributed by atoms with Gasteiger partial charge in [-0.25, -0.2) is 0 Å². The van der Waals surface area contributed by atoms with Gasteiger partial charge in [-0.2, -0.15) is 0 Å². The number of carbonyl (C=O) groups excluding carboxylic acids is 2. The van der Waals surface area contributed by atoms with Crippen molar-refractivity contribution < 1.29 is 19.4 Å². The van der Waals surface area contributed by atoms with E-state index in [0.29, 0.717) is 24.2 Å². The number of esters is 1. The first-order chi connectivity index (χ1) is 13.6. The number of aliphatic hydroxyl groups excluding tert-OH is 1. The van der Waals surface area contributed by atoms with Crippen molar-refractivity contribution in [2.75, 3.05) is 0 Å². The zero-order valence-electron chi connectivity index (χ0n) is 17.7. The van der Waals surface area contributed by atoms with Crippen LogP contribution in [-0.2, 0) is 14.3 Å². The highest BCUT2D eigenvalue weighted by molar-refractivity contribution is 6.32. The van der Waals surface area contributed by atoms with Crippen LogP contribution in [0.25, 0.3) is 0 Å². The standard InChI is InChI=1S/C24H31ClO4/c1-12(26)24(29-13(2)27)8-6-16-14-10-20(25)19-11-21(28)15-9-18(15)23(19,4)17(14)5-7-22(16,24)3/h10-11,14-18,21,28H,5-9H2,1-4H3/t14-,15+,16-,17-,18-,21-,22-,23-,24?/m0/s1. The zero-order chi connectivity index (χ0) is 20.9. The van der Waals surface area contributed by atoms with Crippen LogP contribution < -0.4 is 0 Å². The van der Waals surface area contributed by atoms with Gasteiger partial charge in [0.25, 0.3) is 0 Å². The van der Waals surface area contributed by atoms with Crippen molar-refractivity contribution in [2.24, 2.45) is 40.4 Å². The lowest BCUT2D eigenvalue weighted by atomic mass is 9.47.